The van der Waals surface area contributed by atoms with Crippen molar-refractivity contribution < 1.29 is 27.5 Å². The van der Waals surface area contributed by atoms with Crippen molar-refractivity contribution in [2.24, 2.45) is 0 Å². The lowest BCUT2D eigenvalue weighted by Gasteiger charge is -2.16. The molecule has 2 aromatic rings. The molecule has 0 aliphatic heterocycles. The predicted molar refractivity (Wildman–Crippen MR) is 96.7 cm³/mol. The zero-order chi connectivity index (χ0) is 21.4. The third-order valence-corrected chi connectivity index (χ3v) is 3.70. The molecule has 0 aromatic heterocycles. The number of nitriles is 1. The Labute approximate surface area is 164 Å². The monoisotopic (exact) mass is 406 g/mol. The number of halogens is 3. The maximum atomic E-state index is 12.1. The summed E-state index contributed by atoms with van der Waals surface area (Å²) in [6.45, 7) is 0.273. The minimum atomic E-state index is -4.42. The highest BCUT2D eigenvalue weighted by Crippen LogP contribution is 2.21. The van der Waals surface area contributed by atoms with Crippen LogP contribution >= 0.6 is 0 Å². The Kier molecular flexibility index (Phi) is 7.03. The zero-order valence-electron chi connectivity index (χ0n) is 15.2. The van der Waals surface area contributed by atoms with Gasteiger partial charge in [0, 0.05) is 5.56 Å². The van der Waals surface area contributed by atoms with Crippen molar-refractivity contribution in [2.45, 2.75) is 19.1 Å². The Morgan fingerprint density at radius 3 is 2.24 bits per heavy atom. The van der Waals surface area contributed by atoms with E-state index in [0.29, 0.717) is 11.1 Å². The van der Waals surface area contributed by atoms with E-state index in [2.05, 4.69) is 20.9 Å². The van der Waals surface area contributed by atoms with Gasteiger partial charge in [-0.05, 0) is 48.9 Å². The first-order chi connectivity index (χ1) is 13.7. The van der Waals surface area contributed by atoms with Gasteiger partial charge in [-0.1, -0.05) is 12.1 Å². The van der Waals surface area contributed by atoms with Gasteiger partial charge in [0.1, 0.15) is 5.75 Å². The molecule has 1 unspecified atom stereocenters. The largest absolute Gasteiger partial charge is 0.484 e. The third-order valence-electron chi connectivity index (χ3n) is 3.70. The first-order valence-corrected chi connectivity index (χ1v) is 8.34. The van der Waals surface area contributed by atoms with Crippen molar-refractivity contribution in [2.75, 3.05) is 6.61 Å². The molecular formula is C19H17F3N4O3. The molecule has 1 atom stereocenters. The molecule has 0 spiro atoms. The number of carbonyl (C=O) groups is 2. The van der Waals surface area contributed by atoms with Gasteiger partial charge in [0.15, 0.2) is 6.61 Å². The lowest BCUT2D eigenvalue weighted by atomic mass is 10.1. The Hall–Kier alpha value is -3.74. The molecule has 0 fully saturated rings. The molecule has 0 saturated carbocycles. The van der Waals surface area contributed by atoms with E-state index in [0.717, 1.165) is 0 Å². The van der Waals surface area contributed by atoms with E-state index in [1.54, 1.807) is 6.92 Å². The molecule has 2 rings (SSSR count). The van der Waals surface area contributed by atoms with Gasteiger partial charge in [0.05, 0.1) is 17.7 Å². The fraction of sp³-hybridized carbons (Fsp3) is 0.211. The number of carbonyl (C=O) groups excluding carboxylic acids is 2. The van der Waals surface area contributed by atoms with Crippen molar-refractivity contribution in [3.8, 4) is 11.8 Å². The number of urea groups is 1. The molecule has 7 nitrogen and oxygen atoms in total. The van der Waals surface area contributed by atoms with Crippen LogP contribution in [-0.2, 0) is 0 Å². The standard InChI is InChI=1S/C19H17F3N4O3/c1-12(14-6-8-16(9-7-14)29-11-19(20,21)22)24-18(28)26-25-17(27)15-4-2-13(10-23)3-5-15/h2-9,12H,11H2,1H3,(H,25,27)(H2,24,26,28). The van der Waals surface area contributed by atoms with Crippen LogP contribution in [0.5, 0.6) is 5.75 Å². The minimum Gasteiger partial charge on any atom is -0.484 e. The van der Waals surface area contributed by atoms with Crippen molar-refractivity contribution in [3.05, 3.63) is 65.2 Å². The lowest BCUT2D eigenvalue weighted by molar-refractivity contribution is -0.153. The highest BCUT2D eigenvalue weighted by Gasteiger charge is 2.28. The fourth-order valence-corrected chi connectivity index (χ4v) is 2.22. The maximum absolute atomic E-state index is 12.1. The summed E-state index contributed by atoms with van der Waals surface area (Å²) in [5.41, 5.74) is 5.70. The quantitative estimate of drug-likeness (QED) is 0.664. The summed E-state index contributed by atoms with van der Waals surface area (Å²) in [4.78, 5) is 23.9. The van der Waals surface area contributed by atoms with Gasteiger partial charge in [-0.15, -0.1) is 0 Å². The molecule has 0 heterocycles. The number of benzene rings is 2. The van der Waals surface area contributed by atoms with Crippen LogP contribution in [0.4, 0.5) is 18.0 Å². The van der Waals surface area contributed by atoms with Crippen LogP contribution in [0.25, 0.3) is 0 Å². The summed E-state index contributed by atoms with van der Waals surface area (Å²) in [7, 11) is 0. The van der Waals surface area contributed by atoms with Crippen LogP contribution in [0.2, 0.25) is 0 Å². The summed E-state index contributed by atoms with van der Waals surface area (Å²) < 4.78 is 41.0. The first-order valence-electron chi connectivity index (χ1n) is 8.34. The Morgan fingerprint density at radius 1 is 1.07 bits per heavy atom. The average Bonchev–Trinajstić information content (AvgIpc) is 2.70. The highest BCUT2D eigenvalue weighted by molar-refractivity contribution is 5.95. The van der Waals surface area contributed by atoms with E-state index in [4.69, 9.17) is 5.26 Å². The average molecular weight is 406 g/mol. The summed E-state index contributed by atoms with van der Waals surface area (Å²) in [5, 5.41) is 11.3. The summed E-state index contributed by atoms with van der Waals surface area (Å²) in [6, 6.07) is 12.4. The molecule has 3 amide bonds. The minimum absolute atomic E-state index is 0.0532. The predicted octanol–water partition coefficient (Wildman–Crippen LogP) is 3.20. The number of nitrogens with one attached hydrogen (secondary N) is 3. The van der Waals surface area contributed by atoms with Gasteiger partial charge in [0.2, 0.25) is 0 Å². The normalized spacial score (nSPS) is 11.7. The Balaban J connectivity index is 1.82. The number of rotatable bonds is 5. The van der Waals surface area contributed by atoms with Gasteiger partial charge >= 0.3 is 12.2 Å². The van der Waals surface area contributed by atoms with Crippen LogP contribution in [0.1, 0.15) is 34.5 Å². The summed E-state index contributed by atoms with van der Waals surface area (Å²) in [6.07, 6.45) is -4.42. The van der Waals surface area contributed by atoms with Crippen molar-refractivity contribution >= 4 is 11.9 Å². The molecule has 0 bridgehead atoms. The Bertz CT molecular complexity index is 891. The van der Waals surface area contributed by atoms with Crippen LogP contribution in [-0.4, -0.2) is 24.7 Å². The van der Waals surface area contributed by atoms with E-state index in [1.165, 1.54) is 48.5 Å². The fourth-order valence-electron chi connectivity index (χ4n) is 2.22. The Morgan fingerprint density at radius 2 is 1.69 bits per heavy atom. The third kappa shape index (κ3) is 7.06. The molecule has 29 heavy (non-hydrogen) atoms. The van der Waals surface area contributed by atoms with E-state index >= 15 is 0 Å². The number of amides is 3. The molecule has 0 aliphatic rings. The number of nitrogens with zero attached hydrogens (tertiary/aromatic N) is 1. The molecule has 0 radical (unpaired) electrons. The highest BCUT2D eigenvalue weighted by atomic mass is 19.4. The smallest absolute Gasteiger partial charge is 0.422 e. The molecule has 0 aliphatic carbocycles. The molecular weight excluding hydrogens is 389 g/mol. The van der Waals surface area contributed by atoms with Gasteiger partial charge in [-0.3, -0.25) is 10.2 Å². The van der Waals surface area contributed by atoms with E-state index < -0.39 is 30.8 Å². The number of alkyl halides is 3. The van der Waals surface area contributed by atoms with E-state index in [-0.39, 0.29) is 11.3 Å². The van der Waals surface area contributed by atoms with Crippen LogP contribution < -0.4 is 20.9 Å². The first kappa shape index (κ1) is 21.6. The van der Waals surface area contributed by atoms with Crippen LogP contribution in [0.3, 0.4) is 0 Å². The number of hydrazine groups is 1. The van der Waals surface area contributed by atoms with E-state index in [9.17, 15) is 22.8 Å². The van der Waals surface area contributed by atoms with Gasteiger partial charge in [0.25, 0.3) is 5.91 Å². The second kappa shape index (κ2) is 9.45. The van der Waals surface area contributed by atoms with Crippen LogP contribution in [0, 0.1) is 11.3 Å². The zero-order valence-corrected chi connectivity index (χ0v) is 15.2. The maximum Gasteiger partial charge on any atom is 0.422 e. The number of ether oxygens (including phenoxy) is 1. The van der Waals surface area contributed by atoms with Crippen LogP contribution in [0.15, 0.2) is 48.5 Å². The van der Waals surface area contributed by atoms with Crippen molar-refractivity contribution in [1.82, 2.24) is 16.2 Å². The van der Waals surface area contributed by atoms with E-state index in [1.807, 2.05) is 6.07 Å². The number of hydrogen-bond acceptors (Lipinski definition) is 4. The molecule has 0 saturated heterocycles. The lowest BCUT2D eigenvalue weighted by Crippen LogP contribution is -2.47. The number of hydrogen-bond donors (Lipinski definition) is 3. The van der Waals surface area contributed by atoms with Crippen molar-refractivity contribution in [3.63, 3.8) is 0 Å². The summed E-state index contributed by atoms with van der Waals surface area (Å²) >= 11 is 0. The molecule has 10 heteroatoms. The summed E-state index contributed by atoms with van der Waals surface area (Å²) in [5.74, 6) is -0.513. The topological polar surface area (TPSA) is 103 Å². The van der Waals surface area contributed by atoms with Crippen molar-refractivity contribution in [1.29, 1.82) is 5.26 Å². The molecule has 152 valence electrons. The van der Waals surface area contributed by atoms with Gasteiger partial charge < -0.3 is 10.1 Å². The molecule has 2 aromatic carbocycles. The second-order valence-electron chi connectivity index (χ2n) is 5.94. The SMILES string of the molecule is CC(NC(=O)NNC(=O)c1ccc(C#N)cc1)c1ccc(OCC(F)(F)F)cc1. The second-order valence-corrected chi connectivity index (χ2v) is 5.94. The van der Waals surface area contributed by atoms with Gasteiger partial charge in [-0.25, -0.2) is 10.2 Å². The molecule has 3 N–H and O–H groups in total. The van der Waals surface area contributed by atoms with Gasteiger partial charge in [-0.2, -0.15) is 18.4 Å².